The summed E-state index contributed by atoms with van der Waals surface area (Å²) >= 11 is 1.81. The van der Waals surface area contributed by atoms with E-state index in [4.69, 9.17) is 10.7 Å². The van der Waals surface area contributed by atoms with E-state index in [1.54, 1.807) is 0 Å². The van der Waals surface area contributed by atoms with Gasteiger partial charge in [-0.1, -0.05) is 19.8 Å². The fraction of sp³-hybridized carbons (Fsp3) is 0.750. The van der Waals surface area contributed by atoms with Gasteiger partial charge in [-0.2, -0.15) is 0 Å². The average molecular weight is 224 g/mol. The van der Waals surface area contributed by atoms with Crippen LogP contribution in [0.25, 0.3) is 0 Å². The summed E-state index contributed by atoms with van der Waals surface area (Å²) in [4.78, 5) is 4.75. The largest absolute Gasteiger partial charge is 0.330 e. The lowest BCUT2D eigenvalue weighted by atomic mass is 9.67. The van der Waals surface area contributed by atoms with E-state index in [1.165, 1.54) is 42.8 Å². The third kappa shape index (κ3) is 2.08. The van der Waals surface area contributed by atoms with Gasteiger partial charge in [0, 0.05) is 17.3 Å². The van der Waals surface area contributed by atoms with Crippen LogP contribution in [0.5, 0.6) is 0 Å². The van der Waals surface area contributed by atoms with E-state index in [9.17, 15) is 0 Å². The Hall–Kier alpha value is -0.410. The summed E-state index contributed by atoms with van der Waals surface area (Å²) < 4.78 is 0. The molecule has 0 aliphatic heterocycles. The molecule has 1 heterocycles. The Morgan fingerprint density at radius 2 is 2.33 bits per heavy atom. The molecule has 0 spiro atoms. The molecule has 0 atom stereocenters. The predicted molar refractivity (Wildman–Crippen MR) is 65.3 cm³/mol. The molecule has 15 heavy (non-hydrogen) atoms. The Morgan fingerprint density at radius 1 is 1.53 bits per heavy atom. The molecule has 1 saturated carbocycles. The first kappa shape index (κ1) is 11.1. The summed E-state index contributed by atoms with van der Waals surface area (Å²) in [5.41, 5.74) is 7.40. The number of aromatic nitrogens is 1. The molecule has 1 aromatic rings. The van der Waals surface area contributed by atoms with Crippen LogP contribution in [0.2, 0.25) is 0 Å². The predicted octanol–water partition coefficient (Wildman–Crippen LogP) is 2.87. The quantitative estimate of drug-likeness (QED) is 0.835. The van der Waals surface area contributed by atoms with Crippen molar-refractivity contribution in [3.63, 3.8) is 0 Å². The van der Waals surface area contributed by atoms with Gasteiger partial charge in [-0.3, -0.25) is 0 Å². The van der Waals surface area contributed by atoms with Gasteiger partial charge >= 0.3 is 0 Å². The summed E-state index contributed by atoms with van der Waals surface area (Å²) in [5, 5.41) is 3.53. The fourth-order valence-electron chi connectivity index (χ4n) is 2.17. The van der Waals surface area contributed by atoms with E-state index in [1.807, 2.05) is 11.3 Å². The Morgan fingerprint density at radius 3 is 2.87 bits per heavy atom. The van der Waals surface area contributed by atoms with E-state index in [0.29, 0.717) is 0 Å². The summed E-state index contributed by atoms with van der Waals surface area (Å²) in [6.45, 7) is 2.99. The first-order chi connectivity index (χ1) is 7.30. The lowest BCUT2D eigenvalue weighted by Gasteiger charge is -2.39. The molecule has 1 aromatic heterocycles. The van der Waals surface area contributed by atoms with E-state index >= 15 is 0 Å². The molecule has 2 N–H and O–H groups in total. The van der Waals surface area contributed by atoms with Gasteiger partial charge in [-0.05, 0) is 25.7 Å². The molecule has 3 heteroatoms. The topological polar surface area (TPSA) is 38.9 Å². The molecule has 0 aromatic carbocycles. The number of unbranched alkanes of at least 4 members (excludes halogenated alkanes) is 1. The minimum atomic E-state index is 0.251. The minimum Gasteiger partial charge on any atom is -0.330 e. The van der Waals surface area contributed by atoms with Crippen molar-refractivity contribution in [1.29, 1.82) is 0 Å². The van der Waals surface area contributed by atoms with Crippen molar-refractivity contribution in [2.24, 2.45) is 5.73 Å². The van der Waals surface area contributed by atoms with Crippen LogP contribution in [-0.4, -0.2) is 11.5 Å². The van der Waals surface area contributed by atoms with Crippen LogP contribution in [0, 0.1) is 0 Å². The SMILES string of the molecule is CCCCc1nc(C2(CN)CCC2)cs1. The zero-order valence-electron chi connectivity index (χ0n) is 9.46. The van der Waals surface area contributed by atoms with Crippen molar-refractivity contribution < 1.29 is 0 Å². The van der Waals surface area contributed by atoms with Crippen molar-refractivity contribution in [2.45, 2.75) is 50.9 Å². The Bertz CT molecular complexity index is 310. The number of nitrogens with two attached hydrogens (primary N) is 1. The minimum absolute atomic E-state index is 0.251. The van der Waals surface area contributed by atoms with Crippen LogP contribution in [0.1, 0.15) is 49.7 Å². The summed E-state index contributed by atoms with van der Waals surface area (Å²) in [7, 11) is 0. The Balaban J connectivity index is 2.05. The molecule has 1 fully saturated rings. The second-order valence-corrected chi connectivity index (χ2v) is 5.51. The lowest BCUT2D eigenvalue weighted by Crippen LogP contribution is -2.41. The molecule has 0 unspecified atom stereocenters. The Kier molecular flexibility index (Phi) is 3.42. The highest BCUT2D eigenvalue weighted by Crippen LogP contribution is 2.42. The number of aryl methyl sites for hydroxylation is 1. The monoisotopic (exact) mass is 224 g/mol. The van der Waals surface area contributed by atoms with Gasteiger partial charge in [0.05, 0.1) is 10.7 Å². The van der Waals surface area contributed by atoms with Crippen molar-refractivity contribution in [3.05, 3.63) is 16.1 Å². The molecule has 1 aliphatic carbocycles. The smallest absolute Gasteiger partial charge is 0.0928 e. The van der Waals surface area contributed by atoms with Gasteiger partial charge in [-0.25, -0.2) is 4.98 Å². The maximum absolute atomic E-state index is 5.87. The molecule has 2 nitrogen and oxygen atoms in total. The van der Waals surface area contributed by atoms with Gasteiger partial charge in [0.15, 0.2) is 0 Å². The molecule has 0 saturated heterocycles. The van der Waals surface area contributed by atoms with Gasteiger partial charge in [-0.15, -0.1) is 11.3 Å². The van der Waals surface area contributed by atoms with Crippen LogP contribution in [0.3, 0.4) is 0 Å². The van der Waals surface area contributed by atoms with Crippen LogP contribution in [0.4, 0.5) is 0 Å². The summed E-state index contributed by atoms with van der Waals surface area (Å²) in [6, 6.07) is 0. The highest BCUT2D eigenvalue weighted by molar-refractivity contribution is 7.09. The van der Waals surface area contributed by atoms with Gasteiger partial charge in [0.25, 0.3) is 0 Å². The second-order valence-electron chi connectivity index (χ2n) is 4.57. The number of hydrogen-bond acceptors (Lipinski definition) is 3. The van der Waals surface area contributed by atoms with Crippen LogP contribution in [0.15, 0.2) is 5.38 Å². The standard InChI is InChI=1S/C12H20N2S/c1-2-3-5-11-14-10(8-15-11)12(9-13)6-4-7-12/h8H,2-7,9,13H2,1H3. The van der Waals surface area contributed by atoms with Crippen LogP contribution < -0.4 is 5.73 Å². The zero-order chi connectivity index (χ0) is 10.7. The summed E-state index contributed by atoms with van der Waals surface area (Å²) in [6.07, 6.45) is 7.43. The normalized spacial score (nSPS) is 18.8. The van der Waals surface area contributed by atoms with Gasteiger partial charge in [0.1, 0.15) is 0 Å². The fourth-order valence-corrected chi connectivity index (χ4v) is 3.13. The van der Waals surface area contributed by atoms with E-state index in [-0.39, 0.29) is 5.41 Å². The molecule has 2 rings (SSSR count). The highest BCUT2D eigenvalue weighted by atomic mass is 32.1. The number of hydrogen-bond donors (Lipinski definition) is 1. The third-order valence-corrected chi connectivity index (χ3v) is 4.45. The van der Waals surface area contributed by atoms with Crippen molar-refractivity contribution in [1.82, 2.24) is 4.98 Å². The molecular weight excluding hydrogens is 204 g/mol. The number of nitrogens with zero attached hydrogens (tertiary/aromatic N) is 1. The Labute approximate surface area is 95.9 Å². The second kappa shape index (κ2) is 4.62. The molecule has 84 valence electrons. The molecule has 0 radical (unpaired) electrons. The van der Waals surface area contributed by atoms with Crippen molar-refractivity contribution in [2.75, 3.05) is 6.54 Å². The van der Waals surface area contributed by atoms with Gasteiger partial charge < -0.3 is 5.73 Å². The maximum atomic E-state index is 5.87. The van der Waals surface area contributed by atoms with E-state index < -0.39 is 0 Å². The number of rotatable bonds is 5. The van der Waals surface area contributed by atoms with Crippen molar-refractivity contribution >= 4 is 11.3 Å². The highest BCUT2D eigenvalue weighted by Gasteiger charge is 2.39. The molecule has 0 bridgehead atoms. The van der Waals surface area contributed by atoms with E-state index in [0.717, 1.165) is 13.0 Å². The first-order valence-corrected chi connectivity index (χ1v) is 6.83. The van der Waals surface area contributed by atoms with Crippen molar-refractivity contribution in [3.8, 4) is 0 Å². The first-order valence-electron chi connectivity index (χ1n) is 5.96. The maximum Gasteiger partial charge on any atom is 0.0928 e. The molecule has 1 aliphatic rings. The average Bonchev–Trinajstić information content (AvgIpc) is 2.63. The third-order valence-electron chi connectivity index (χ3n) is 3.54. The summed E-state index contributed by atoms with van der Waals surface area (Å²) in [5.74, 6) is 0. The number of thiazole rings is 1. The lowest BCUT2D eigenvalue weighted by molar-refractivity contribution is 0.246. The zero-order valence-corrected chi connectivity index (χ0v) is 10.3. The van der Waals surface area contributed by atoms with Crippen LogP contribution in [-0.2, 0) is 11.8 Å². The van der Waals surface area contributed by atoms with Gasteiger partial charge in [0.2, 0.25) is 0 Å². The molecule has 0 amide bonds. The van der Waals surface area contributed by atoms with E-state index in [2.05, 4.69) is 12.3 Å². The molecular formula is C12H20N2S. The van der Waals surface area contributed by atoms with Crippen LogP contribution >= 0.6 is 11.3 Å².